The number of benzene rings is 12. The maximum atomic E-state index is 2.45. The van der Waals surface area contributed by atoms with E-state index in [1.165, 1.54) is 154 Å². The average Bonchev–Trinajstić information content (AvgIpc) is 3.85. The van der Waals surface area contributed by atoms with E-state index < -0.39 is 0 Å². The van der Waals surface area contributed by atoms with Crippen molar-refractivity contribution in [3.8, 4) is 89.0 Å². The molecule has 0 spiro atoms. The zero-order chi connectivity index (χ0) is 40.8. The van der Waals surface area contributed by atoms with Crippen molar-refractivity contribution in [2.45, 2.75) is 13.8 Å². The summed E-state index contributed by atoms with van der Waals surface area (Å²) in [6.45, 7) is 4.50. The Morgan fingerprint density at radius 1 is 0.194 bits per heavy atom. The van der Waals surface area contributed by atoms with Crippen LogP contribution in [0.5, 0.6) is 0 Å². The van der Waals surface area contributed by atoms with Gasteiger partial charge in [0, 0.05) is 0 Å². The van der Waals surface area contributed by atoms with Crippen LogP contribution in [0.25, 0.3) is 143 Å². The third-order valence-electron chi connectivity index (χ3n) is 14.4. The number of fused-ring (bicyclic) bond motifs is 9. The second-order valence-electron chi connectivity index (χ2n) is 17.5. The third kappa shape index (κ3) is 4.31. The van der Waals surface area contributed by atoms with E-state index in [2.05, 4.69) is 208 Å². The Hall–Kier alpha value is -7.80. The van der Waals surface area contributed by atoms with Crippen molar-refractivity contribution in [2.24, 2.45) is 0 Å². The van der Waals surface area contributed by atoms with Gasteiger partial charge in [0.25, 0.3) is 0 Å². The van der Waals surface area contributed by atoms with Crippen molar-refractivity contribution in [1.29, 1.82) is 0 Å². The first-order valence-corrected chi connectivity index (χ1v) is 21.9. The van der Waals surface area contributed by atoms with Crippen LogP contribution < -0.4 is 0 Å². The molecule has 0 amide bonds. The molecule has 2 aliphatic carbocycles. The Morgan fingerprint density at radius 3 is 1.13 bits per heavy atom. The molecule has 2 aliphatic rings. The molecule has 0 bridgehead atoms. The van der Waals surface area contributed by atoms with Crippen LogP contribution in [-0.4, -0.2) is 0 Å². The molecule has 0 radical (unpaired) electrons. The van der Waals surface area contributed by atoms with Crippen molar-refractivity contribution in [3.05, 3.63) is 205 Å². The molecular weight excluding hydrogens is 745 g/mol. The molecular formula is C62H38. The summed E-state index contributed by atoms with van der Waals surface area (Å²) >= 11 is 0. The molecule has 0 fully saturated rings. The monoisotopic (exact) mass is 782 g/mol. The molecule has 286 valence electrons. The molecule has 0 heteroatoms. The molecule has 0 atom stereocenters. The van der Waals surface area contributed by atoms with Crippen molar-refractivity contribution in [3.63, 3.8) is 0 Å². The molecule has 0 N–H and O–H groups in total. The van der Waals surface area contributed by atoms with Crippen LogP contribution in [0, 0.1) is 13.8 Å². The largest absolute Gasteiger partial charge is 0.0622 e. The molecule has 0 saturated heterocycles. The highest BCUT2D eigenvalue weighted by Gasteiger charge is 2.34. The van der Waals surface area contributed by atoms with E-state index in [4.69, 9.17) is 0 Å². The van der Waals surface area contributed by atoms with Crippen molar-refractivity contribution >= 4 is 53.9 Å². The zero-order valence-electron chi connectivity index (χ0n) is 34.5. The van der Waals surface area contributed by atoms with E-state index in [9.17, 15) is 0 Å². The normalized spacial score (nSPS) is 12.4. The van der Waals surface area contributed by atoms with Gasteiger partial charge in [-0.05, 0) is 168 Å². The van der Waals surface area contributed by atoms with Gasteiger partial charge in [-0.1, -0.05) is 194 Å². The standard InChI is InChI=1S/C62H38/c1-35-15-9-11-21-39(35)44-26-25-41(37-17-5-3-6-18-37)55-49-31-27-45-47-29-33-51-60-52(34-30-48(57(47)60)46-28-32-50(58(44)55)59(49)56(45)46)62-54(40-22-12-10-16-36(40)2)43-24-14-13-23-42(43)53(61(51)62)38-19-7-4-8-20-38/h3-34H,1-2H3. The van der Waals surface area contributed by atoms with Gasteiger partial charge in [0.05, 0.1) is 0 Å². The first kappa shape index (κ1) is 34.0. The summed E-state index contributed by atoms with van der Waals surface area (Å²) in [7, 11) is 0. The Balaban J connectivity index is 1.11. The summed E-state index contributed by atoms with van der Waals surface area (Å²) in [6.07, 6.45) is 0. The lowest BCUT2D eigenvalue weighted by molar-refractivity contribution is 1.46. The Bertz CT molecular complexity index is 3880. The van der Waals surface area contributed by atoms with Crippen molar-refractivity contribution < 1.29 is 0 Å². The van der Waals surface area contributed by atoms with Crippen LogP contribution in [0.15, 0.2) is 194 Å². The van der Waals surface area contributed by atoms with Gasteiger partial charge < -0.3 is 0 Å². The van der Waals surface area contributed by atoms with Gasteiger partial charge in [-0.25, -0.2) is 0 Å². The van der Waals surface area contributed by atoms with Gasteiger partial charge in [0.2, 0.25) is 0 Å². The smallest absolute Gasteiger partial charge is 0.000730 e. The number of rotatable bonds is 4. The molecule has 14 rings (SSSR count). The summed E-state index contributed by atoms with van der Waals surface area (Å²) in [6, 6.07) is 73.2. The average molecular weight is 783 g/mol. The van der Waals surface area contributed by atoms with Crippen LogP contribution in [0.3, 0.4) is 0 Å². The molecule has 0 nitrogen and oxygen atoms in total. The predicted octanol–water partition coefficient (Wildman–Crippen LogP) is 17.5. The molecule has 12 aromatic rings. The van der Waals surface area contributed by atoms with Gasteiger partial charge in [-0.15, -0.1) is 0 Å². The molecule has 0 heterocycles. The minimum absolute atomic E-state index is 1.25. The number of hydrogen-bond acceptors (Lipinski definition) is 0. The molecule has 0 aromatic heterocycles. The third-order valence-corrected chi connectivity index (χ3v) is 14.4. The van der Waals surface area contributed by atoms with Crippen LogP contribution in [-0.2, 0) is 0 Å². The van der Waals surface area contributed by atoms with E-state index >= 15 is 0 Å². The summed E-state index contributed by atoms with van der Waals surface area (Å²) in [4.78, 5) is 0. The summed E-state index contributed by atoms with van der Waals surface area (Å²) < 4.78 is 0. The van der Waals surface area contributed by atoms with E-state index in [1.54, 1.807) is 0 Å². The Morgan fingerprint density at radius 2 is 0.581 bits per heavy atom. The predicted molar refractivity (Wildman–Crippen MR) is 265 cm³/mol. The molecule has 0 aliphatic heterocycles. The minimum Gasteiger partial charge on any atom is -0.0622 e. The summed E-state index contributed by atoms with van der Waals surface area (Å²) in [5.74, 6) is 0. The summed E-state index contributed by atoms with van der Waals surface area (Å²) in [5.41, 5.74) is 23.6. The van der Waals surface area contributed by atoms with E-state index in [0.717, 1.165) is 0 Å². The van der Waals surface area contributed by atoms with Gasteiger partial charge in [0.15, 0.2) is 0 Å². The van der Waals surface area contributed by atoms with Gasteiger partial charge in [-0.2, -0.15) is 0 Å². The first-order valence-electron chi connectivity index (χ1n) is 21.9. The topological polar surface area (TPSA) is 0 Å². The number of hydrogen-bond donors (Lipinski definition) is 0. The fourth-order valence-corrected chi connectivity index (χ4v) is 11.9. The lowest BCUT2D eigenvalue weighted by Crippen LogP contribution is -1.94. The van der Waals surface area contributed by atoms with Gasteiger partial charge in [-0.3, -0.25) is 0 Å². The first-order chi connectivity index (χ1) is 30.7. The van der Waals surface area contributed by atoms with E-state index in [0.29, 0.717) is 0 Å². The lowest BCUT2D eigenvalue weighted by Gasteiger charge is -2.21. The summed E-state index contributed by atoms with van der Waals surface area (Å²) in [5, 5.41) is 13.4. The fourth-order valence-electron chi connectivity index (χ4n) is 11.9. The van der Waals surface area contributed by atoms with Crippen molar-refractivity contribution in [1.82, 2.24) is 0 Å². The highest BCUT2D eigenvalue weighted by atomic mass is 14.4. The Kier molecular flexibility index (Phi) is 6.78. The SMILES string of the molecule is Cc1ccccc1-c1ccc(-c2ccccc2)c2c1-c1ccc3c4ccc5c6c(ccc(c7ccc-2c1c73)c64)-c1c-5c(-c2ccccc2C)c2ccccc2c1-c1ccccc1. The molecule has 0 saturated carbocycles. The van der Waals surface area contributed by atoms with Gasteiger partial charge >= 0.3 is 0 Å². The second kappa shape index (κ2) is 12.4. The van der Waals surface area contributed by atoms with Crippen LogP contribution >= 0.6 is 0 Å². The maximum absolute atomic E-state index is 2.45. The van der Waals surface area contributed by atoms with Gasteiger partial charge in [0.1, 0.15) is 0 Å². The Labute approximate surface area is 360 Å². The molecule has 12 aromatic carbocycles. The fraction of sp³-hybridized carbons (Fsp3) is 0.0323. The lowest BCUT2D eigenvalue weighted by atomic mass is 9.82. The highest BCUT2D eigenvalue weighted by Crippen LogP contribution is 2.62. The van der Waals surface area contributed by atoms with Crippen LogP contribution in [0.1, 0.15) is 11.1 Å². The second-order valence-corrected chi connectivity index (χ2v) is 17.5. The quantitative estimate of drug-likeness (QED) is 0.123. The number of aryl methyl sites for hydroxylation is 2. The maximum Gasteiger partial charge on any atom is -0.000730 e. The molecule has 62 heavy (non-hydrogen) atoms. The minimum atomic E-state index is 1.25. The van der Waals surface area contributed by atoms with Crippen molar-refractivity contribution in [2.75, 3.05) is 0 Å². The van der Waals surface area contributed by atoms with E-state index in [1.807, 2.05) is 0 Å². The highest BCUT2D eigenvalue weighted by molar-refractivity contribution is 6.41. The van der Waals surface area contributed by atoms with E-state index in [-0.39, 0.29) is 0 Å². The molecule has 0 unspecified atom stereocenters. The van der Waals surface area contributed by atoms with Crippen LogP contribution in [0.4, 0.5) is 0 Å². The van der Waals surface area contributed by atoms with Crippen LogP contribution in [0.2, 0.25) is 0 Å². The zero-order valence-corrected chi connectivity index (χ0v) is 34.5.